The predicted octanol–water partition coefficient (Wildman–Crippen LogP) is 5.52. The van der Waals surface area contributed by atoms with Crippen LogP contribution in [0.25, 0.3) is 0 Å². The molecule has 0 bridgehead atoms. The van der Waals surface area contributed by atoms with Gasteiger partial charge in [0.15, 0.2) is 0 Å². The van der Waals surface area contributed by atoms with Crippen molar-refractivity contribution < 1.29 is 9.53 Å². The highest BCUT2D eigenvalue weighted by atomic mass is 35.5. The van der Waals surface area contributed by atoms with Gasteiger partial charge in [-0.2, -0.15) is 0 Å². The zero-order chi connectivity index (χ0) is 25.5. The zero-order valence-electron chi connectivity index (χ0n) is 20.6. The van der Waals surface area contributed by atoms with Crippen molar-refractivity contribution in [1.29, 1.82) is 5.41 Å². The predicted molar refractivity (Wildman–Crippen MR) is 146 cm³/mol. The molecule has 3 aromatic rings. The number of likely N-dealkylation sites (tertiary alicyclic amines) is 1. The Morgan fingerprint density at radius 3 is 2.47 bits per heavy atom. The summed E-state index contributed by atoms with van der Waals surface area (Å²) in [6, 6.07) is 19.9. The Balaban J connectivity index is 1.39. The van der Waals surface area contributed by atoms with E-state index in [2.05, 4.69) is 17.1 Å². The van der Waals surface area contributed by atoms with E-state index in [1.807, 2.05) is 42.5 Å². The summed E-state index contributed by atoms with van der Waals surface area (Å²) < 4.78 is 6.18. The minimum Gasteiger partial charge on any atom is -0.490 e. The summed E-state index contributed by atoms with van der Waals surface area (Å²) in [5.74, 6) is 0.555. The number of nitrogen functional groups attached to an aromatic ring is 1. The van der Waals surface area contributed by atoms with Crippen molar-refractivity contribution in [3.63, 3.8) is 0 Å². The third-order valence-corrected chi connectivity index (χ3v) is 6.87. The second kappa shape index (κ2) is 12.1. The molecule has 1 amide bonds. The van der Waals surface area contributed by atoms with E-state index >= 15 is 0 Å². The summed E-state index contributed by atoms with van der Waals surface area (Å²) >= 11 is 6.19. The van der Waals surface area contributed by atoms with Crippen LogP contribution in [0, 0.1) is 5.41 Å². The molecule has 1 saturated heterocycles. The van der Waals surface area contributed by atoms with E-state index in [1.54, 1.807) is 24.3 Å². The van der Waals surface area contributed by atoms with Gasteiger partial charge in [0.2, 0.25) is 0 Å². The number of carbonyl (C=O) groups excluding carboxylic acids is 1. The first-order chi connectivity index (χ1) is 17.4. The van der Waals surface area contributed by atoms with Crippen molar-refractivity contribution in [3.05, 3.63) is 94.0 Å². The van der Waals surface area contributed by atoms with Crippen molar-refractivity contribution in [2.75, 3.05) is 25.4 Å². The maximum atomic E-state index is 12.8. The normalized spacial score (nSPS) is 14.4. The largest absolute Gasteiger partial charge is 0.490 e. The van der Waals surface area contributed by atoms with Gasteiger partial charge in [0.05, 0.1) is 5.71 Å². The van der Waals surface area contributed by atoms with Crippen LogP contribution in [0.2, 0.25) is 5.02 Å². The molecule has 36 heavy (non-hydrogen) atoms. The lowest BCUT2D eigenvalue weighted by atomic mass is 9.98. The molecule has 0 radical (unpaired) electrons. The smallest absolute Gasteiger partial charge is 0.251 e. The molecular formula is C29H33ClN4O2. The second-order valence-corrected chi connectivity index (χ2v) is 9.54. The monoisotopic (exact) mass is 504 g/mol. The molecular weight excluding hydrogens is 472 g/mol. The standard InChI is InChI=1S/C29H33ClN4O2/c1-2-15-34-16-13-24(14-17-34)36-23-10-7-20(8-11-23)28(32)25-18-21(9-12-27(25)31)29(35)33-19-22-5-3-4-6-26(22)30/h3-12,18,24,32H,2,13-17,19,31H2,1H3,(H,33,35). The van der Waals surface area contributed by atoms with Gasteiger partial charge in [-0.3, -0.25) is 10.2 Å². The molecule has 0 unspecified atom stereocenters. The summed E-state index contributed by atoms with van der Waals surface area (Å²) in [5, 5.41) is 12.2. The van der Waals surface area contributed by atoms with Gasteiger partial charge in [-0.05, 0) is 79.9 Å². The highest BCUT2D eigenvalue weighted by molar-refractivity contribution is 6.31. The molecule has 4 rings (SSSR count). The third-order valence-electron chi connectivity index (χ3n) is 6.50. The van der Waals surface area contributed by atoms with Gasteiger partial charge in [0.1, 0.15) is 11.9 Å². The molecule has 0 aliphatic carbocycles. The number of rotatable bonds is 9. The molecule has 1 aliphatic heterocycles. The SMILES string of the molecule is CCCN1CCC(Oc2ccc(C(=N)c3cc(C(=O)NCc4ccccc4Cl)ccc3N)cc2)CC1. The minimum absolute atomic E-state index is 0.222. The van der Waals surface area contributed by atoms with Crippen molar-refractivity contribution in [2.45, 2.75) is 38.8 Å². The van der Waals surface area contributed by atoms with Crippen LogP contribution in [-0.2, 0) is 6.54 Å². The fraction of sp³-hybridized carbons (Fsp3) is 0.310. The van der Waals surface area contributed by atoms with E-state index in [1.165, 1.54) is 6.42 Å². The second-order valence-electron chi connectivity index (χ2n) is 9.13. The molecule has 1 fully saturated rings. The number of anilines is 1. The number of nitrogens with one attached hydrogen (secondary N) is 2. The Labute approximate surface area is 217 Å². The molecule has 0 spiro atoms. The number of benzene rings is 3. The van der Waals surface area contributed by atoms with E-state index in [9.17, 15) is 4.79 Å². The van der Waals surface area contributed by atoms with Crippen molar-refractivity contribution in [3.8, 4) is 5.75 Å². The summed E-state index contributed by atoms with van der Waals surface area (Å²) in [5.41, 5.74) is 9.38. The lowest BCUT2D eigenvalue weighted by Crippen LogP contribution is -2.38. The van der Waals surface area contributed by atoms with Gasteiger partial charge in [-0.15, -0.1) is 0 Å². The molecule has 188 valence electrons. The van der Waals surface area contributed by atoms with Crippen LogP contribution in [0.15, 0.2) is 66.7 Å². The number of piperidine rings is 1. The Morgan fingerprint density at radius 1 is 1.08 bits per heavy atom. The van der Waals surface area contributed by atoms with Crippen molar-refractivity contribution >= 4 is 28.9 Å². The Morgan fingerprint density at radius 2 is 1.78 bits per heavy atom. The van der Waals surface area contributed by atoms with Crippen LogP contribution in [-0.4, -0.2) is 42.3 Å². The highest BCUT2D eigenvalue weighted by Crippen LogP contribution is 2.23. The average molecular weight is 505 g/mol. The van der Waals surface area contributed by atoms with Crippen LogP contribution < -0.4 is 15.8 Å². The minimum atomic E-state index is -0.252. The lowest BCUT2D eigenvalue weighted by Gasteiger charge is -2.31. The Bertz CT molecular complexity index is 1200. The molecule has 0 aromatic heterocycles. The molecule has 0 saturated carbocycles. The summed E-state index contributed by atoms with van der Waals surface area (Å²) in [6.45, 7) is 5.82. The topological polar surface area (TPSA) is 91.4 Å². The molecule has 1 aliphatic rings. The summed E-state index contributed by atoms with van der Waals surface area (Å²) in [6.07, 6.45) is 3.46. The lowest BCUT2D eigenvalue weighted by molar-refractivity contribution is 0.0951. The average Bonchev–Trinajstić information content (AvgIpc) is 2.90. The van der Waals surface area contributed by atoms with E-state index in [0.29, 0.717) is 33.9 Å². The molecule has 0 atom stereocenters. The fourth-order valence-electron chi connectivity index (χ4n) is 4.45. The number of nitrogens with two attached hydrogens (primary N) is 1. The van der Waals surface area contributed by atoms with E-state index < -0.39 is 0 Å². The number of ether oxygens (including phenoxy) is 1. The van der Waals surface area contributed by atoms with Gasteiger partial charge in [0.25, 0.3) is 5.91 Å². The first-order valence-corrected chi connectivity index (χ1v) is 12.8. The van der Waals surface area contributed by atoms with Gasteiger partial charge in [0, 0.05) is 47.0 Å². The first-order valence-electron chi connectivity index (χ1n) is 12.4. The number of amides is 1. The maximum Gasteiger partial charge on any atom is 0.251 e. The molecule has 6 nitrogen and oxygen atoms in total. The Kier molecular flexibility index (Phi) is 8.62. The molecule has 7 heteroatoms. The number of hydrogen-bond acceptors (Lipinski definition) is 5. The van der Waals surface area contributed by atoms with Crippen molar-refractivity contribution in [1.82, 2.24) is 10.2 Å². The van der Waals surface area contributed by atoms with Crippen molar-refractivity contribution in [2.24, 2.45) is 0 Å². The van der Waals surface area contributed by atoms with Crippen LogP contribution in [0.1, 0.15) is 53.2 Å². The molecule has 1 heterocycles. The van der Waals surface area contributed by atoms with Crippen LogP contribution in [0.4, 0.5) is 5.69 Å². The van der Waals surface area contributed by atoms with Crippen LogP contribution in [0.3, 0.4) is 0 Å². The molecule has 4 N–H and O–H groups in total. The summed E-state index contributed by atoms with van der Waals surface area (Å²) in [4.78, 5) is 15.2. The number of hydrogen-bond donors (Lipinski definition) is 3. The van der Waals surface area contributed by atoms with Crippen LogP contribution in [0.5, 0.6) is 5.75 Å². The third kappa shape index (κ3) is 6.45. The Hall–Kier alpha value is -3.35. The van der Waals surface area contributed by atoms with Crippen LogP contribution >= 0.6 is 11.6 Å². The number of carbonyl (C=O) groups is 1. The molecule has 3 aromatic carbocycles. The zero-order valence-corrected chi connectivity index (χ0v) is 21.4. The quantitative estimate of drug-likeness (QED) is 0.264. The van der Waals surface area contributed by atoms with E-state index in [4.69, 9.17) is 27.5 Å². The first kappa shape index (κ1) is 25.7. The number of nitrogens with zero attached hydrogens (tertiary/aromatic N) is 1. The van der Waals surface area contributed by atoms with E-state index in [0.717, 1.165) is 43.8 Å². The fourth-order valence-corrected chi connectivity index (χ4v) is 4.65. The summed E-state index contributed by atoms with van der Waals surface area (Å²) in [7, 11) is 0. The highest BCUT2D eigenvalue weighted by Gasteiger charge is 2.20. The van der Waals surface area contributed by atoms with Gasteiger partial charge >= 0.3 is 0 Å². The van der Waals surface area contributed by atoms with Gasteiger partial charge in [-0.1, -0.05) is 36.7 Å². The van der Waals surface area contributed by atoms with Gasteiger partial charge in [-0.25, -0.2) is 0 Å². The van der Waals surface area contributed by atoms with Gasteiger partial charge < -0.3 is 20.7 Å². The maximum absolute atomic E-state index is 12.8. The van der Waals surface area contributed by atoms with E-state index in [-0.39, 0.29) is 17.7 Å². The number of halogens is 1.